The van der Waals surface area contributed by atoms with Crippen LogP contribution >= 0.6 is 0 Å². The second-order valence-electron chi connectivity index (χ2n) is 8.34. The SMILES string of the molecule is CC1=C(/C=C/C(=C/C=C\C(C)=C\C(=O)O)c2ccc(C)cc2)C(C)(C)CCC1. The van der Waals surface area contributed by atoms with Crippen LogP contribution in [0.4, 0.5) is 0 Å². The van der Waals surface area contributed by atoms with Crippen LogP contribution < -0.4 is 0 Å². The molecular formula is C26H32O2. The Hall–Kier alpha value is -2.61. The number of rotatable bonds is 6. The minimum absolute atomic E-state index is 0.202. The van der Waals surface area contributed by atoms with Crippen molar-refractivity contribution in [1.82, 2.24) is 0 Å². The molecule has 1 aliphatic carbocycles. The maximum atomic E-state index is 10.8. The van der Waals surface area contributed by atoms with Gasteiger partial charge in [0.15, 0.2) is 0 Å². The summed E-state index contributed by atoms with van der Waals surface area (Å²) in [6.45, 7) is 10.8. The molecule has 0 aromatic heterocycles. The van der Waals surface area contributed by atoms with Gasteiger partial charge in [0.05, 0.1) is 0 Å². The number of hydrogen-bond acceptors (Lipinski definition) is 1. The molecule has 1 aromatic carbocycles. The van der Waals surface area contributed by atoms with Gasteiger partial charge in [-0.3, -0.25) is 0 Å². The van der Waals surface area contributed by atoms with Gasteiger partial charge in [-0.1, -0.05) is 79.6 Å². The molecule has 28 heavy (non-hydrogen) atoms. The molecule has 0 heterocycles. The number of carboxylic acids is 1. The van der Waals surface area contributed by atoms with E-state index in [9.17, 15) is 4.79 Å². The van der Waals surface area contributed by atoms with E-state index in [4.69, 9.17) is 5.11 Å². The summed E-state index contributed by atoms with van der Waals surface area (Å²) >= 11 is 0. The maximum Gasteiger partial charge on any atom is 0.328 e. The fourth-order valence-electron chi connectivity index (χ4n) is 3.72. The molecular weight excluding hydrogens is 344 g/mol. The lowest BCUT2D eigenvalue weighted by Gasteiger charge is -2.33. The third kappa shape index (κ3) is 6.23. The van der Waals surface area contributed by atoms with E-state index in [2.05, 4.69) is 64.1 Å². The summed E-state index contributed by atoms with van der Waals surface area (Å²) in [4.78, 5) is 10.8. The van der Waals surface area contributed by atoms with E-state index < -0.39 is 5.97 Å². The normalized spacial score (nSPS) is 18.3. The second-order valence-corrected chi connectivity index (χ2v) is 8.34. The zero-order chi connectivity index (χ0) is 20.7. The van der Waals surface area contributed by atoms with Crippen molar-refractivity contribution in [3.63, 3.8) is 0 Å². The molecule has 0 amide bonds. The molecule has 2 nitrogen and oxygen atoms in total. The summed E-state index contributed by atoms with van der Waals surface area (Å²) in [5.41, 5.74) is 7.32. The second kappa shape index (κ2) is 9.54. The Bertz CT molecular complexity index is 856. The van der Waals surface area contributed by atoms with E-state index >= 15 is 0 Å². The Kier molecular flexibility index (Phi) is 7.39. The maximum absolute atomic E-state index is 10.8. The molecule has 0 aliphatic heterocycles. The molecule has 0 spiro atoms. The summed E-state index contributed by atoms with van der Waals surface area (Å²) in [6, 6.07) is 8.50. The topological polar surface area (TPSA) is 37.3 Å². The average molecular weight is 377 g/mol. The number of carbonyl (C=O) groups is 1. The van der Waals surface area contributed by atoms with E-state index in [0.717, 1.165) is 11.1 Å². The standard InChI is InChI=1S/C26H32O2/c1-19-11-13-23(14-12-19)22(10-6-8-20(2)18-25(27)28)15-16-24-21(3)9-7-17-26(24,4)5/h6,8,10-16,18H,7,9,17H2,1-5H3,(H,27,28)/b8-6-,16-15+,20-18+,22-10-. The van der Waals surface area contributed by atoms with Gasteiger partial charge in [-0.15, -0.1) is 0 Å². The Morgan fingerprint density at radius 3 is 2.39 bits per heavy atom. The molecule has 0 saturated carbocycles. The van der Waals surface area contributed by atoms with Crippen LogP contribution in [0.5, 0.6) is 0 Å². The molecule has 1 aromatic rings. The molecule has 148 valence electrons. The van der Waals surface area contributed by atoms with Crippen LogP contribution in [0.15, 0.2) is 77.4 Å². The van der Waals surface area contributed by atoms with E-state index in [1.54, 1.807) is 6.92 Å². The van der Waals surface area contributed by atoms with Crippen molar-refractivity contribution in [3.05, 3.63) is 88.6 Å². The number of benzene rings is 1. The predicted molar refractivity (Wildman–Crippen MR) is 119 cm³/mol. The van der Waals surface area contributed by atoms with Gasteiger partial charge in [0, 0.05) is 6.08 Å². The molecule has 0 unspecified atom stereocenters. The van der Waals surface area contributed by atoms with Gasteiger partial charge in [-0.25, -0.2) is 4.79 Å². The van der Waals surface area contributed by atoms with E-state index in [1.807, 2.05) is 18.2 Å². The fourth-order valence-corrected chi connectivity index (χ4v) is 3.72. The van der Waals surface area contributed by atoms with Crippen LogP contribution in [0.3, 0.4) is 0 Å². The smallest absolute Gasteiger partial charge is 0.328 e. The number of hydrogen-bond donors (Lipinski definition) is 1. The Balaban J connectivity index is 2.39. The predicted octanol–water partition coefficient (Wildman–Crippen LogP) is 7.05. The Morgan fingerprint density at radius 1 is 1.11 bits per heavy atom. The molecule has 0 fully saturated rings. The van der Waals surface area contributed by atoms with Crippen molar-refractivity contribution < 1.29 is 9.90 Å². The fraction of sp³-hybridized carbons (Fsp3) is 0.346. The first-order valence-electron chi connectivity index (χ1n) is 9.94. The van der Waals surface area contributed by atoms with Crippen LogP contribution in [0, 0.1) is 12.3 Å². The van der Waals surface area contributed by atoms with Crippen molar-refractivity contribution in [2.24, 2.45) is 5.41 Å². The quantitative estimate of drug-likeness (QED) is 0.427. The molecule has 0 radical (unpaired) electrons. The summed E-state index contributed by atoms with van der Waals surface area (Å²) in [7, 11) is 0. The van der Waals surface area contributed by atoms with Crippen LogP contribution in [-0.2, 0) is 4.79 Å². The number of aliphatic carboxylic acids is 1. The highest BCUT2D eigenvalue weighted by molar-refractivity contribution is 5.81. The lowest BCUT2D eigenvalue weighted by molar-refractivity contribution is -0.131. The number of aryl methyl sites for hydroxylation is 1. The largest absolute Gasteiger partial charge is 0.478 e. The van der Waals surface area contributed by atoms with Gasteiger partial charge in [0.25, 0.3) is 0 Å². The molecule has 1 aliphatic rings. The zero-order valence-electron chi connectivity index (χ0n) is 17.8. The summed E-state index contributed by atoms with van der Waals surface area (Å²) in [5, 5.41) is 8.86. The van der Waals surface area contributed by atoms with Crippen LogP contribution in [0.2, 0.25) is 0 Å². The van der Waals surface area contributed by atoms with Crippen molar-refractivity contribution in [3.8, 4) is 0 Å². The summed E-state index contributed by atoms with van der Waals surface area (Å²) in [5.74, 6) is -0.924. The molecule has 2 heteroatoms. The van der Waals surface area contributed by atoms with Gasteiger partial charge >= 0.3 is 5.97 Å². The highest BCUT2D eigenvalue weighted by Gasteiger charge is 2.26. The molecule has 1 N–H and O–H groups in total. The monoisotopic (exact) mass is 376 g/mol. The van der Waals surface area contributed by atoms with Gasteiger partial charge in [0.2, 0.25) is 0 Å². The van der Waals surface area contributed by atoms with Gasteiger partial charge in [-0.05, 0) is 67.7 Å². The molecule has 2 rings (SSSR count). The van der Waals surface area contributed by atoms with Gasteiger partial charge in [-0.2, -0.15) is 0 Å². The third-order valence-corrected chi connectivity index (χ3v) is 5.34. The lowest BCUT2D eigenvalue weighted by atomic mass is 9.72. The minimum atomic E-state index is -0.924. The molecule has 0 bridgehead atoms. The summed E-state index contributed by atoms with van der Waals surface area (Å²) < 4.78 is 0. The zero-order valence-corrected chi connectivity index (χ0v) is 17.8. The highest BCUT2D eigenvalue weighted by atomic mass is 16.4. The molecule has 0 atom stereocenters. The van der Waals surface area contributed by atoms with Crippen LogP contribution in [-0.4, -0.2) is 11.1 Å². The van der Waals surface area contributed by atoms with Crippen LogP contribution in [0.1, 0.15) is 58.1 Å². The first-order chi connectivity index (χ1) is 13.2. The first-order valence-corrected chi connectivity index (χ1v) is 9.94. The number of carboxylic acid groups (broad SMARTS) is 1. The summed E-state index contributed by atoms with van der Waals surface area (Å²) in [6.07, 6.45) is 15.1. The van der Waals surface area contributed by atoms with E-state index in [0.29, 0.717) is 5.57 Å². The lowest BCUT2D eigenvalue weighted by Crippen LogP contribution is -2.19. The minimum Gasteiger partial charge on any atom is -0.478 e. The average Bonchev–Trinajstić information content (AvgIpc) is 2.59. The first kappa shape index (κ1) is 21.7. The van der Waals surface area contributed by atoms with Crippen molar-refractivity contribution in [1.29, 1.82) is 0 Å². The van der Waals surface area contributed by atoms with Gasteiger partial charge in [0.1, 0.15) is 0 Å². The highest BCUT2D eigenvalue weighted by Crippen LogP contribution is 2.41. The molecule has 0 saturated heterocycles. The van der Waals surface area contributed by atoms with Crippen molar-refractivity contribution in [2.45, 2.75) is 53.9 Å². The van der Waals surface area contributed by atoms with Crippen molar-refractivity contribution in [2.75, 3.05) is 0 Å². The third-order valence-electron chi connectivity index (χ3n) is 5.34. The Labute approximate surface area is 169 Å². The van der Waals surface area contributed by atoms with E-state index in [1.165, 1.54) is 42.0 Å². The Morgan fingerprint density at radius 2 is 1.79 bits per heavy atom. The van der Waals surface area contributed by atoms with E-state index in [-0.39, 0.29) is 5.41 Å². The van der Waals surface area contributed by atoms with Crippen molar-refractivity contribution >= 4 is 11.5 Å². The van der Waals surface area contributed by atoms with Crippen LogP contribution in [0.25, 0.3) is 5.57 Å². The van der Waals surface area contributed by atoms with Gasteiger partial charge < -0.3 is 5.11 Å². The number of allylic oxidation sites excluding steroid dienone is 9.